The van der Waals surface area contributed by atoms with Crippen molar-refractivity contribution < 1.29 is 22.7 Å². The summed E-state index contributed by atoms with van der Waals surface area (Å²) in [7, 11) is -3.34. The second-order valence-corrected chi connectivity index (χ2v) is 11.5. The zero-order valence-electron chi connectivity index (χ0n) is 21.4. The molecule has 0 saturated carbocycles. The van der Waals surface area contributed by atoms with Gasteiger partial charge in [-0.05, 0) is 73.0 Å². The summed E-state index contributed by atoms with van der Waals surface area (Å²) in [5, 5.41) is 3.00. The van der Waals surface area contributed by atoms with Crippen molar-refractivity contribution in [2.24, 2.45) is 5.92 Å². The van der Waals surface area contributed by atoms with Gasteiger partial charge >= 0.3 is 12.0 Å². The number of sulfone groups is 1. The summed E-state index contributed by atoms with van der Waals surface area (Å²) in [5.41, 5.74) is 2.81. The Labute approximate surface area is 227 Å². The van der Waals surface area contributed by atoms with E-state index in [2.05, 4.69) is 27.3 Å². The van der Waals surface area contributed by atoms with Gasteiger partial charge in [0.25, 0.3) is 0 Å². The monoisotopic (exact) mass is 544 g/mol. The second-order valence-electron chi connectivity index (χ2n) is 9.50. The van der Waals surface area contributed by atoms with E-state index in [-0.39, 0.29) is 16.5 Å². The van der Waals surface area contributed by atoms with E-state index in [0.29, 0.717) is 23.9 Å². The van der Waals surface area contributed by atoms with Crippen molar-refractivity contribution in [1.82, 2.24) is 14.9 Å². The first-order valence-corrected chi connectivity index (χ1v) is 14.4. The lowest BCUT2D eigenvalue weighted by Gasteiger charge is -2.18. The minimum atomic E-state index is -3.34. The third kappa shape index (κ3) is 6.35. The smallest absolute Gasteiger partial charge is 0.343 e. The van der Waals surface area contributed by atoms with Crippen molar-refractivity contribution >= 4 is 27.5 Å². The molecular weight excluding hydrogens is 516 g/mol. The molecule has 1 N–H and O–H groups in total. The van der Waals surface area contributed by atoms with Crippen molar-refractivity contribution in [1.29, 1.82) is 0 Å². The Morgan fingerprint density at radius 3 is 2.41 bits per heavy atom. The van der Waals surface area contributed by atoms with Gasteiger partial charge in [-0.3, -0.25) is 4.57 Å². The van der Waals surface area contributed by atoms with Crippen molar-refractivity contribution in [3.05, 3.63) is 97.0 Å². The standard InChI is InChI=1S/C29H28N4O5S/c1-39(36,37)26-13-9-23(10-14-26)28(34)38-25-11-7-22(8-12-25)27-19-33(20-31-27)29(35)30-17-21-15-16-32(18-21)24-5-3-2-4-6-24/h2-14,19-21H,15-18H2,1H3,(H,30,35). The largest absolute Gasteiger partial charge is 0.423 e. The van der Waals surface area contributed by atoms with Crippen molar-refractivity contribution in [3.63, 3.8) is 0 Å². The Morgan fingerprint density at radius 2 is 1.72 bits per heavy atom. The molecule has 0 radical (unpaired) electrons. The molecular formula is C29H28N4O5S. The molecule has 9 nitrogen and oxygen atoms in total. The predicted octanol–water partition coefficient (Wildman–Crippen LogP) is 4.26. The van der Waals surface area contributed by atoms with Gasteiger partial charge in [-0.2, -0.15) is 0 Å². The van der Waals surface area contributed by atoms with E-state index in [4.69, 9.17) is 4.74 Å². The molecule has 1 fully saturated rings. The average molecular weight is 545 g/mol. The Kier molecular flexibility index (Phi) is 7.47. The second kappa shape index (κ2) is 11.1. The fourth-order valence-electron chi connectivity index (χ4n) is 4.48. The van der Waals surface area contributed by atoms with E-state index in [0.717, 1.165) is 31.3 Å². The molecule has 0 bridgehead atoms. The molecule has 1 amide bonds. The number of para-hydroxylation sites is 1. The summed E-state index contributed by atoms with van der Waals surface area (Å²) in [5.74, 6) is 0.108. The van der Waals surface area contributed by atoms with E-state index >= 15 is 0 Å². The Bertz CT molecular complexity index is 1570. The van der Waals surface area contributed by atoms with Crippen LogP contribution in [-0.4, -0.2) is 55.9 Å². The lowest BCUT2D eigenvalue weighted by Crippen LogP contribution is -2.33. The summed E-state index contributed by atoms with van der Waals surface area (Å²) in [6.07, 6.45) is 5.26. The van der Waals surface area contributed by atoms with Gasteiger partial charge in [0.2, 0.25) is 0 Å². The lowest BCUT2D eigenvalue weighted by atomic mass is 10.1. The van der Waals surface area contributed by atoms with Crippen molar-refractivity contribution in [3.8, 4) is 17.0 Å². The molecule has 1 aliphatic heterocycles. The van der Waals surface area contributed by atoms with Gasteiger partial charge in [-0.25, -0.2) is 23.0 Å². The fraction of sp³-hybridized carbons (Fsp3) is 0.207. The molecule has 3 aromatic carbocycles. The molecule has 4 aromatic rings. The minimum absolute atomic E-state index is 0.129. The number of imidazole rings is 1. The Hall–Kier alpha value is -4.44. The predicted molar refractivity (Wildman–Crippen MR) is 148 cm³/mol. The highest BCUT2D eigenvalue weighted by Crippen LogP contribution is 2.24. The Balaban J connectivity index is 1.14. The van der Waals surface area contributed by atoms with Gasteiger partial charge in [-0.1, -0.05) is 18.2 Å². The number of nitrogens with zero attached hydrogens (tertiary/aromatic N) is 3. The fourth-order valence-corrected chi connectivity index (χ4v) is 5.11. The number of benzene rings is 3. The van der Waals surface area contributed by atoms with Gasteiger partial charge < -0.3 is 15.0 Å². The molecule has 10 heteroatoms. The van der Waals surface area contributed by atoms with Crippen LogP contribution in [0.1, 0.15) is 16.8 Å². The van der Waals surface area contributed by atoms with Gasteiger partial charge in [-0.15, -0.1) is 0 Å². The maximum absolute atomic E-state index is 12.7. The number of rotatable bonds is 7. The van der Waals surface area contributed by atoms with Crippen LogP contribution in [0.4, 0.5) is 10.5 Å². The van der Waals surface area contributed by atoms with E-state index in [9.17, 15) is 18.0 Å². The minimum Gasteiger partial charge on any atom is -0.423 e. The quantitative estimate of drug-likeness (QED) is 0.273. The normalized spacial score (nSPS) is 15.2. The van der Waals surface area contributed by atoms with Crippen LogP contribution in [-0.2, 0) is 9.84 Å². The molecule has 1 aromatic heterocycles. The van der Waals surface area contributed by atoms with Crippen LogP contribution in [0.2, 0.25) is 0 Å². The summed E-state index contributed by atoms with van der Waals surface area (Å²) in [6.45, 7) is 2.47. The number of aromatic nitrogens is 2. The Morgan fingerprint density at radius 1 is 1.00 bits per heavy atom. The number of amides is 1. The SMILES string of the molecule is CS(=O)(=O)c1ccc(C(=O)Oc2ccc(-c3cn(C(=O)NCC4CCN(c5ccccc5)C4)cn3)cc2)cc1. The number of esters is 1. The van der Waals surface area contributed by atoms with Gasteiger partial charge in [0, 0.05) is 43.3 Å². The van der Waals surface area contributed by atoms with Crippen molar-refractivity contribution in [2.45, 2.75) is 11.3 Å². The lowest BCUT2D eigenvalue weighted by molar-refractivity contribution is 0.0734. The van der Waals surface area contributed by atoms with E-state index in [1.165, 1.54) is 40.8 Å². The van der Waals surface area contributed by atoms with Crippen LogP contribution in [0, 0.1) is 5.92 Å². The molecule has 1 saturated heterocycles. The molecule has 1 aliphatic rings. The van der Waals surface area contributed by atoms with Crippen molar-refractivity contribution in [2.75, 3.05) is 30.8 Å². The topological polar surface area (TPSA) is 111 Å². The third-order valence-electron chi connectivity index (χ3n) is 6.65. The van der Waals surface area contributed by atoms with Crippen LogP contribution in [0.3, 0.4) is 0 Å². The zero-order chi connectivity index (χ0) is 27.4. The van der Waals surface area contributed by atoms with Gasteiger partial charge in [0.15, 0.2) is 9.84 Å². The first-order valence-electron chi connectivity index (χ1n) is 12.5. The highest BCUT2D eigenvalue weighted by molar-refractivity contribution is 7.90. The number of carbonyl (C=O) groups is 2. The number of anilines is 1. The molecule has 1 atom stereocenters. The number of ether oxygens (including phenoxy) is 1. The summed E-state index contributed by atoms with van der Waals surface area (Å²) < 4.78 is 30.0. The molecule has 39 heavy (non-hydrogen) atoms. The number of hydrogen-bond acceptors (Lipinski definition) is 7. The molecule has 1 unspecified atom stereocenters. The average Bonchev–Trinajstić information content (AvgIpc) is 3.63. The van der Waals surface area contributed by atoms with Crippen LogP contribution in [0.15, 0.2) is 96.3 Å². The van der Waals surface area contributed by atoms with Crippen LogP contribution < -0.4 is 15.0 Å². The van der Waals surface area contributed by atoms with E-state index in [1.807, 2.05) is 18.2 Å². The summed E-state index contributed by atoms with van der Waals surface area (Å²) in [6, 6.07) is 22.4. The molecule has 0 spiro atoms. The van der Waals surface area contributed by atoms with Gasteiger partial charge in [0.1, 0.15) is 12.1 Å². The van der Waals surface area contributed by atoms with E-state index < -0.39 is 15.8 Å². The summed E-state index contributed by atoms with van der Waals surface area (Å²) in [4.78, 5) is 31.9. The first kappa shape index (κ1) is 26.2. The maximum Gasteiger partial charge on any atom is 0.343 e. The molecule has 5 rings (SSSR count). The number of carbonyl (C=O) groups excluding carboxylic acids is 2. The van der Waals surface area contributed by atoms with Crippen LogP contribution in [0.25, 0.3) is 11.3 Å². The summed E-state index contributed by atoms with van der Waals surface area (Å²) >= 11 is 0. The first-order chi connectivity index (χ1) is 18.8. The molecule has 2 heterocycles. The third-order valence-corrected chi connectivity index (χ3v) is 7.77. The molecule has 200 valence electrons. The number of nitrogens with one attached hydrogen (secondary N) is 1. The number of hydrogen-bond donors (Lipinski definition) is 1. The zero-order valence-corrected chi connectivity index (χ0v) is 22.2. The van der Waals surface area contributed by atoms with Crippen LogP contribution in [0.5, 0.6) is 5.75 Å². The van der Waals surface area contributed by atoms with Crippen LogP contribution >= 0.6 is 0 Å². The maximum atomic E-state index is 12.7. The highest BCUT2D eigenvalue weighted by Gasteiger charge is 2.23. The highest BCUT2D eigenvalue weighted by atomic mass is 32.2. The molecule has 0 aliphatic carbocycles. The van der Waals surface area contributed by atoms with Gasteiger partial charge in [0.05, 0.1) is 16.2 Å². The van der Waals surface area contributed by atoms with E-state index in [1.54, 1.807) is 30.5 Å².